The van der Waals surface area contributed by atoms with Gasteiger partial charge in [-0.05, 0) is 25.0 Å². The molecule has 0 aliphatic carbocycles. The molecule has 1 unspecified atom stereocenters. The first kappa shape index (κ1) is 11.1. The Morgan fingerprint density at radius 3 is 3.06 bits per heavy atom. The average molecular weight is 223 g/mol. The van der Waals surface area contributed by atoms with Crippen molar-refractivity contribution in [2.45, 2.75) is 18.9 Å². The third-order valence-corrected chi connectivity index (χ3v) is 2.66. The fourth-order valence-electron chi connectivity index (χ4n) is 1.75. The number of nitrogen functional groups attached to an aromatic ring is 1. The van der Waals surface area contributed by atoms with Crippen LogP contribution in [0.4, 0.5) is 5.69 Å². The lowest BCUT2D eigenvalue weighted by molar-refractivity contribution is 0.0679. The predicted octanol–water partition coefficient (Wildman–Crippen LogP) is 1.84. The highest BCUT2D eigenvalue weighted by Crippen LogP contribution is 2.26. The molecule has 1 fully saturated rings. The first-order valence-corrected chi connectivity index (χ1v) is 5.47. The van der Waals surface area contributed by atoms with E-state index >= 15 is 0 Å². The second-order valence-corrected chi connectivity index (χ2v) is 3.85. The highest BCUT2D eigenvalue weighted by atomic mass is 16.5. The minimum atomic E-state index is 0.226. The van der Waals surface area contributed by atoms with Gasteiger partial charge in [0, 0.05) is 12.7 Å². The van der Waals surface area contributed by atoms with Crippen molar-refractivity contribution in [2.24, 2.45) is 0 Å². The van der Waals surface area contributed by atoms with Crippen LogP contribution in [0.3, 0.4) is 0 Å². The molecular weight excluding hydrogens is 206 g/mol. The van der Waals surface area contributed by atoms with E-state index in [0.717, 1.165) is 25.2 Å². The van der Waals surface area contributed by atoms with Crippen molar-refractivity contribution in [3.63, 3.8) is 0 Å². The van der Waals surface area contributed by atoms with Crippen LogP contribution >= 0.6 is 0 Å². The summed E-state index contributed by atoms with van der Waals surface area (Å²) in [6.07, 6.45) is 2.43. The zero-order valence-corrected chi connectivity index (χ0v) is 9.44. The third-order valence-electron chi connectivity index (χ3n) is 2.66. The van der Waals surface area contributed by atoms with E-state index in [1.54, 1.807) is 19.2 Å². The average Bonchev–Trinajstić information content (AvgIpc) is 2.81. The van der Waals surface area contributed by atoms with Gasteiger partial charge in [-0.3, -0.25) is 0 Å². The van der Waals surface area contributed by atoms with E-state index in [9.17, 15) is 0 Å². The fourth-order valence-corrected chi connectivity index (χ4v) is 1.75. The quantitative estimate of drug-likeness (QED) is 0.791. The van der Waals surface area contributed by atoms with Crippen molar-refractivity contribution < 1.29 is 14.2 Å². The molecule has 0 saturated carbocycles. The lowest BCUT2D eigenvalue weighted by Crippen LogP contribution is -2.16. The van der Waals surface area contributed by atoms with Gasteiger partial charge in [-0.25, -0.2) is 0 Å². The Bertz CT molecular complexity index is 348. The second kappa shape index (κ2) is 5.07. The highest BCUT2D eigenvalue weighted by Gasteiger charge is 2.16. The van der Waals surface area contributed by atoms with Gasteiger partial charge in [-0.1, -0.05) is 0 Å². The van der Waals surface area contributed by atoms with Gasteiger partial charge in [-0.2, -0.15) is 0 Å². The van der Waals surface area contributed by atoms with Crippen molar-refractivity contribution in [3.05, 3.63) is 18.2 Å². The van der Waals surface area contributed by atoms with Crippen molar-refractivity contribution >= 4 is 5.69 Å². The lowest BCUT2D eigenvalue weighted by Gasteiger charge is -2.12. The van der Waals surface area contributed by atoms with E-state index in [1.165, 1.54) is 0 Å². The number of methoxy groups -OCH3 is 1. The first-order valence-electron chi connectivity index (χ1n) is 5.47. The molecule has 1 saturated heterocycles. The summed E-state index contributed by atoms with van der Waals surface area (Å²) in [5.41, 5.74) is 6.33. The molecule has 0 radical (unpaired) electrons. The van der Waals surface area contributed by atoms with E-state index in [0.29, 0.717) is 18.0 Å². The van der Waals surface area contributed by atoms with Crippen LogP contribution in [0, 0.1) is 0 Å². The van der Waals surface area contributed by atoms with E-state index in [1.807, 2.05) is 6.07 Å². The smallest absolute Gasteiger partial charge is 0.145 e. The van der Waals surface area contributed by atoms with Gasteiger partial charge in [0.2, 0.25) is 0 Å². The van der Waals surface area contributed by atoms with Crippen molar-refractivity contribution in [2.75, 3.05) is 26.1 Å². The molecule has 88 valence electrons. The van der Waals surface area contributed by atoms with Crippen molar-refractivity contribution in [1.29, 1.82) is 0 Å². The number of benzene rings is 1. The number of hydrogen-bond donors (Lipinski definition) is 1. The standard InChI is InChI=1S/C12H17NO3/c1-14-12-7-9(4-5-11(12)13)16-8-10-3-2-6-15-10/h4-5,7,10H,2-3,6,8,13H2,1H3. The number of rotatable bonds is 4. The van der Waals surface area contributed by atoms with Crippen molar-refractivity contribution in [1.82, 2.24) is 0 Å². The minimum Gasteiger partial charge on any atom is -0.494 e. The van der Waals surface area contributed by atoms with E-state index < -0.39 is 0 Å². The molecule has 1 aliphatic heterocycles. The molecule has 0 bridgehead atoms. The number of anilines is 1. The molecule has 0 aromatic heterocycles. The zero-order valence-electron chi connectivity index (χ0n) is 9.44. The molecule has 16 heavy (non-hydrogen) atoms. The largest absolute Gasteiger partial charge is 0.494 e. The summed E-state index contributed by atoms with van der Waals surface area (Å²) in [4.78, 5) is 0. The maximum Gasteiger partial charge on any atom is 0.145 e. The molecule has 4 heteroatoms. The Morgan fingerprint density at radius 2 is 2.38 bits per heavy atom. The van der Waals surface area contributed by atoms with E-state index in [4.69, 9.17) is 19.9 Å². The second-order valence-electron chi connectivity index (χ2n) is 3.85. The van der Waals surface area contributed by atoms with Gasteiger partial charge in [-0.15, -0.1) is 0 Å². The van der Waals surface area contributed by atoms with Crippen LogP contribution in [0.2, 0.25) is 0 Å². The van der Waals surface area contributed by atoms with Gasteiger partial charge in [0.25, 0.3) is 0 Å². The van der Waals surface area contributed by atoms with Gasteiger partial charge >= 0.3 is 0 Å². The molecule has 2 N–H and O–H groups in total. The van der Waals surface area contributed by atoms with Crippen LogP contribution in [0.25, 0.3) is 0 Å². The normalized spacial score (nSPS) is 19.7. The summed E-state index contributed by atoms with van der Waals surface area (Å²) in [6.45, 7) is 1.44. The Hall–Kier alpha value is -1.42. The molecule has 1 heterocycles. The summed E-state index contributed by atoms with van der Waals surface area (Å²) >= 11 is 0. The van der Waals surface area contributed by atoms with Crippen LogP contribution in [0.5, 0.6) is 11.5 Å². The molecule has 1 aromatic rings. The predicted molar refractivity (Wildman–Crippen MR) is 61.9 cm³/mol. The molecule has 4 nitrogen and oxygen atoms in total. The lowest BCUT2D eigenvalue weighted by atomic mass is 10.2. The molecule has 1 aliphatic rings. The fraction of sp³-hybridized carbons (Fsp3) is 0.500. The Balaban J connectivity index is 1.93. The number of ether oxygens (including phenoxy) is 3. The minimum absolute atomic E-state index is 0.226. The molecule has 0 spiro atoms. The van der Waals surface area contributed by atoms with Gasteiger partial charge in [0.05, 0.1) is 18.9 Å². The van der Waals surface area contributed by atoms with Gasteiger partial charge < -0.3 is 19.9 Å². The number of nitrogens with two attached hydrogens (primary N) is 1. The van der Waals surface area contributed by atoms with Gasteiger partial charge in [0.1, 0.15) is 18.1 Å². The molecule has 1 atom stereocenters. The SMILES string of the molecule is COc1cc(OCC2CCCO2)ccc1N. The highest BCUT2D eigenvalue weighted by molar-refractivity contribution is 5.55. The van der Waals surface area contributed by atoms with E-state index in [-0.39, 0.29) is 6.10 Å². The summed E-state index contributed by atoms with van der Waals surface area (Å²) in [5, 5.41) is 0. The molecule has 1 aromatic carbocycles. The zero-order chi connectivity index (χ0) is 11.4. The monoisotopic (exact) mass is 223 g/mol. The summed E-state index contributed by atoms with van der Waals surface area (Å²) in [5.74, 6) is 1.41. The van der Waals surface area contributed by atoms with Crippen molar-refractivity contribution in [3.8, 4) is 11.5 Å². The Kier molecular flexibility index (Phi) is 3.51. The topological polar surface area (TPSA) is 53.7 Å². The van der Waals surface area contributed by atoms with E-state index in [2.05, 4.69) is 0 Å². The summed E-state index contributed by atoms with van der Waals surface area (Å²) in [6, 6.07) is 5.42. The molecule has 0 amide bonds. The van der Waals surface area contributed by atoms with Crippen LogP contribution in [0.15, 0.2) is 18.2 Å². The number of hydrogen-bond acceptors (Lipinski definition) is 4. The first-order chi connectivity index (χ1) is 7.79. The van der Waals surface area contributed by atoms with Crippen LogP contribution in [-0.4, -0.2) is 26.4 Å². The Labute approximate surface area is 95.3 Å². The summed E-state index contributed by atoms with van der Waals surface area (Å²) in [7, 11) is 1.59. The van der Waals surface area contributed by atoms with Crippen LogP contribution < -0.4 is 15.2 Å². The maximum atomic E-state index is 5.71. The Morgan fingerprint density at radius 1 is 1.50 bits per heavy atom. The third kappa shape index (κ3) is 2.58. The maximum absolute atomic E-state index is 5.71. The van der Waals surface area contributed by atoms with Crippen LogP contribution in [0.1, 0.15) is 12.8 Å². The summed E-state index contributed by atoms with van der Waals surface area (Å²) < 4.78 is 16.2. The molecule has 2 rings (SSSR count). The molecular formula is C12H17NO3. The van der Waals surface area contributed by atoms with Gasteiger partial charge in [0.15, 0.2) is 0 Å². The van der Waals surface area contributed by atoms with Crippen LogP contribution in [-0.2, 0) is 4.74 Å².